The van der Waals surface area contributed by atoms with E-state index in [1.807, 2.05) is 6.07 Å². The Morgan fingerprint density at radius 1 is 1.17 bits per heavy atom. The summed E-state index contributed by atoms with van der Waals surface area (Å²) in [5, 5.41) is 14.3. The van der Waals surface area contributed by atoms with Gasteiger partial charge in [-0.1, -0.05) is 0 Å². The Kier molecular flexibility index (Phi) is 4.11. The minimum atomic E-state index is -0.303. The summed E-state index contributed by atoms with van der Waals surface area (Å²) in [6, 6.07) is 12.2. The number of benzene rings is 1. The average Bonchev–Trinajstić information content (AvgIpc) is 3.21. The Morgan fingerprint density at radius 3 is 2.57 bits per heavy atom. The van der Waals surface area contributed by atoms with Crippen LogP contribution in [0.25, 0.3) is 0 Å². The molecule has 0 spiro atoms. The maximum Gasteiger partial charge on any atom is 0.228 e. The Hall–Kier alpha value is -3.07. The smallest absolute Gasteiger partial charge is 0.228 e. The van der Waals surface area contributed by atoms with Crippen LogP contribution in [0.15, 0.2) is 47.1 Å². The lowest BCUT2D eigenvalue weighted by Crippen LogP contribution is -2.26. The standard InChI is InChI=1S/C17H15N3O3/c18-9-11-3-5-12(6-4-11)20-17(22)15-8-14(15)16(21)19-10-13-2-1-7-23-13/h1-7,14-15H,8,10H2,(H,19,21)(H,20,22). The van der Waals surface area contributed by atoms with Crippen LogP contribution < -0.4 is 10.6 Å². The second kappa shape index (κ2) is 6.36. The molecule has 116 valence electrons. The molecular formula is C17H15N3O3. The van der Waals surface area contributed by atoms with Gasteiger partial charge in [-0.3, -0.25) is 9.59 Å². The minimum Gasteiger partial charge on any atom is -0.467 e. The van der Waals surface area contributed by atoms with Crippen LogP contribution in [-0.2, 0) is 16.1 Å². The van der Waals surface area contributed by atoms with Crippen molar-refractivity contribution in [3.05, 3.63) is 54.0 Å². The maximum atomic E-state index is 12.1. The second-order valence-corrected chi connectivity index (χ2v) is 5.42. The molecule has 3 rings (SSSR count). The fraction of sp³-hybridized carbons (Fsp3) is 0.235. The third kappa shape index (κ3) is 3.58. The Bertz CT molecular complexity index is 744. The largest absolute Gasteiger partial charge is 0.467 e. The number of hydrogen-bond acceptors (Lipinski definition) is 4. The van der Waals surface area contributed by atoms with Crippen molar-refractivity contribution >= 4 is 17.5 Å². The summed E-state index contributed by atoms with van der Waals surface area (Å²) in [6.45, 7) is 0.326. The molecule has 1 aromatic carbocycles. The highest BCUT2D eigenvalue weighted by molar-refractivity contribution is 5.99. The first-order chi connectivity index (χ1) is 11.2. The van der Waals surface area contributed by atoms with Gasteiger partial charge < -0.3 is 15.1 Å². The number of carbonyl (C=O) groups is 2. The van der Waals surface area contributed by atoms with E-state index < -0.39 is 0 Å². The van der Waals surface area contributed by atoms with Crippen LogP contribution in [-0.4, -0.2) is 11.8 Å². The lowest BCUT2D eigenvalue weighted by molar-refractivity contribution is -0.125. The van der Waals surface area contributed by atoms with Gasteiger partial charge in [-0.25, -0.2) is 0 Å². The van der Waals surface area contributed by atoms with E-state index in [1.165, 1.54) is 0 Å². The molecule has 0 bridgehead atoms. The average molecular weight is 309 g/mol. The lowest BCUT2D eigenvalue weighted by atomic mass is 10.2. The van der Waals surface area contributed by atoms with Gasteiger partial charge in [-0.05, 0) is 42.8 Å². The molecule has 1 aliphatic rings. The first kappa shape index (κ1) is 14.9. The topological polar surface area (TPSA) is 95.1 Å². The number of furan rings is 1. The van der Waals surface area contributed by atoms with E-state index >= 15 is 0 Å². The van der Waals surface area contributed by atoms with Gasteiger partial charge in [0.15, 0.2) is 0 Å². The molecule has 1 heterocycles. The van der Waals surface area contributed by atoms with Gasteiger partial charge in [0.1, 0.15) is 5.76 Å². The monoisotopic (exact) mass is 309 g/mol. The minimum absolute atomic E-state index is 0.138. The SMILES string of the molecule is N#Cc1ccc(NC(=O)C2CC2C(=O)NCc2ccco2)cc1. The molecule has 2 N–H and O–H groups in total. The van der Waals surface area contributed by atoms with Crippen LogP contribution in [0.2, 0.25) is 0 Å². The molecule has 2 amide bonds. The second-order valence-electron chi connectivity index (χ2n) is 5.42. The van der Waals surface area contributed by atoms with Crippen LogP contribution in [0.1, 0.15) is 17.7 Å². The van der Waals surface area contributed by atoms with Crippen LogP contribution in [0.5, 0.6) is 0 Å². The number of carbonyl (C=O) groups excluding carboxylic acids is 2. The summed E-state index contributed by atoms with van der Waals surface area (Å²) >= 11 is 0. The highest BCUT2D eigenvalue weighted by Crippen LogP contribution is 2.39. The van der Waals surface area contributed by atoms with E-state index in [-0.39, 0.29) is 23.7 Å². The molecular weight excluding hydrogens is 294 g/mol. The molecule has 23 heavy (non-hydrogen) atoms. The maximum absolute atomic E-state index is 12.1. The van der Waals surface area contributed by atoms with Gasteiger partial charge in [-0.15, -0.1) is 0 Å². The third-order valence-corrected chi connectivity index (χ3v) is 3.76. The van der Waals surface area contributed by atoms with E-state index in [2.05, 4.69) is 10.6 Å². The fourth-order valence-corrected chi connectivity index (χ4v) is 2.36. The normalized spacial score (nSPS) is 18.7. The number of rotatable bonds is 5. The van der Waals surface area contributed by atoms with Crippen LogP contribution in [0.4, 0.5) is 5.69 Å². The lowest BCUT2D eigenvalue weighted by Gasteiger charge is -2.05. The van der Waals surface area contributed by atoms with Crippen molar-refractivity contribution in [2.45, 2.75) is 13.0 Å². The first-order valence-corrected chi connectivity index (χ1v) is 7.28. The van der Waals surface area contributed by atoms with Crippen molar-refractivity contribution < 1.29 is 14.0 Å². The van der Waals surface area contributed by atoms with Crippen molar-refractivity contribution in [2.24, 2.45) is 11.8 Å². The molecule has 6 nitrogen and oxygen atoms in total. The van der Waals surface area contributed by atoms with E-state index in [0.717, 1.165) is 0 Å². The van der Waals surface area contributed by atoms with Crippen molar-refractivity contribution in [2.75, 3.05) is 5.32 Å². The summed E-state index contributed by atoms with van der Waals surface area (Å²) in [7, 11) is 0. The number of nitrogens with zero attached hydrogens (tertiary/aromatic N) is 1. The van der Waals surface area contributed by atoms with Crippen LogP contribution >= 0.6 is 0 Å². The van der Waals surface area contributed by atoms with Crippen molar-refractivity contribution in [3.8, 4) is 6.07 Å². The summed E-state index contributed by atoms with van der Waals surface area (Å²) < 4.78 is 5.14. The zero-order valence-corrected chi connectivity index (χ0v) is 12.3. The van der Waals surface area contributed by atoms with E-state index in [4.69, 9.17) is 9.68 Å². The number of amides is 2. The molecule has 1 aromatic heterocycles. The molecule has 1 aliphatic carbocycles. The van der Waals surface area contributed by atoms with Crippen LogP contribution in [0.3, 0.4) is 0 Å². The van der Waals surface area contributed by atoms with Gasteiger partial charge in [0, 0.05) is 5.69 Å². The Balaban J connectivity index is 1.48. The number of anilines is 1. The number of nitrogens with one attached hydrogen (secondary N) is 2. The van der Waals surface area contributed by atoms with E-state index in [1.54, 1.807) is 42.7 Å². The predicted octanol–water partition coefficient (Wildman–Crippen LogP) is 2.04. The van der Waals surface area contributed by atoms with Crippen molar-refractivity contribution in [1.29, 1.82) is 5.26 Å². The Labute approximate surface area is 133 Å². The third-order valence-electron chi connectivity index (χ3n) is 3.76. The summed E-state index contributed by atoms with van der Waals surface area (Å²) in [4.78, 5) is 24.1. The van der Waals surface area contributed by atoms with Gasteiger partial charge in [0.2, 0.25) is 11.8 Å². The highest BCUT2D eigenvalue weighted by atomic mass is 16.3. The van der Waals surface area contributed by atoms with E-state index in [9.17, 15) is 9.59 Å². The predicted molar refractivity (Wildman–Crippen MR) is 81.9 cm³/mol. The zero-order valence-electron chi connectivity index (χ0n) is 12.3. The molecule has 2 aromatic rings. The number of nitriles is 1. The molecule has 2 unspecified atom stereocenters. The van der Waals surface area contributed by atoms with Crippen molar-refractivity contribution in [3.63, 3.8) is 0 Å². The highest BCUT2D eigenvalue weighted by Gasteiger charge is 2.47. The van der Waals surface area contributed by atoms with Crippen molar-refractivity contribution in [1.82, 2.24) is 5.32 Å². The first-order valence-electron chi connectivity index (χ1n) is 7.28. The van der Waals surface area contributed by atoms with Gasteiger partial charge in [0.05, 0.1) is 36.3 Å². The molecule has 1 saturated carbocycles. The van der Waals surface area contributed by atoms with Gasteiger partial charge >= 0.3 is 0 Å². The zero-order chi connectivity index (χ0) is 16.2. The molecule has 0 saturated heterocycles. The summed E-state index contributed by atoms with van der Waals surface area (Å²) in [5.41, 5.74) is 1.15. The summed E-state index contributed by atoms with van der Waals surface area (Å²) in [6.07, 6.45) is 2.10. The van der Waals surface area contributed by atoms with E-state index in [0.29, 0.717) is 30.0 Å². The molecule has 0 aliphatic heterocycles. The quantitative estimate of drug-likeness (QED) is 0.883. The molecule has 2 atom stereocenters. The Morgan fingerprint density at radius 2 is 1.91 bits per heavy atom. The fourth-order valence-electron chi connectivity index (χ4n) is 2.36. The molecule has 6 heteroatoms. The molecule has 1 fully saturated rings. The summed E-state index contributed by atoms with van der Waals surface area (Å²) in [5.74, 6) is -0.225. The number of hydrogen-bond donors (Lipinski definition) is 2. The van der Waals surface area contributed by atoms with Crippen LogP contribution in [0, 0.1) is 23.2 Å². The molecule has 0 radical (unpaired) electrons. The van der Waals surface area contributed by atoms with Gasteiger partial charge in [-0.2, -0.15) is 5.26 Å². The van der Waals surface area contributed by atoms with Gasteiger partial charge in [0.25, 0.3) is 0 Å².